The smallest absolute Gasteiger partial charge is 0.307 e. The zero-order valence-electron chi connectivity index (χ0n) is 10.2. The van der Waals surface area contributed by atoms with Gasteiger partial charge in [-0.05, 0) is 41.0 Å². The number of fused-ring (bicyclic) bond motifs is 1. The van der Waals surface area contributed by atoms with Crippen molar-refractivity contribution in [3.05, 3.63) is 33.8 Å². The molecule has 1 atom stereocenters. The number of benzene rings is 1. The molecule has 1 aliphatic carbocycles. The summed E-state index contributed by atoms with van der Waals surface area (Å²) in [6, 6.07) is 3.93. The van der Waals surface area contributed by atoms with Crippen molar-refractivity contribution in [1.29, 1.82) is 0 Å². The molecule has 1 aromatic carbocycles. The van der Waals surface area contributed by atoms with Crippen LogP contribution in [0.25, 0.3) is 0 Å². The Morgan fingerprint density at radius 3 is 2.53 bits per heavy atom. The first-order chi connectivity index (χ1) is 7.93. The first-order valence-corrected chi connectivity index (χ1v) is 6.33. The first kappa shape index (κ1) is 12.4. The molecule has 2 rings (SSSR count). The minimum Gasteiger partial charge on any atom is -0.481 e. The third-order valence-electron chi connectivity index (χ3n) is 3.80. The largest absolute Gasteiger partial charge is 0.481 e. The summed E-state index contributed by atoms with van der Waals surface area (Å²) >= 11 is 6.12. The molecule has 0 heterocycles. The number of halogens is 1. The Hall–Kier alpha value is -1.02. The second-order valence-electron chi connectivity index (χ2n) is 5.30. The van der Waals surface area contributed by atoms with E-state index >= 15 is 0 Å². The van der Waals surface area contributed by atoms with Crippen molar-refractivity contribution in [2.75, 3.05) is 0 Å². The molecule has 0 aromatic heterocycles. The maximum atomic E-state index is 10.7. The predicted octanol–water partition coefficient (Wildman–Crippen LogP) is 3.48. The Morgan fingerprint density at radius 1 is 1.41 bits per heavy atom. The van der Waals surface area contributed by atoms with E-state index in [1.54, 1.807) is 0 Å². The molecule has 0 bridgehead atoms. The summed E-state index contributed by atoms with van der Waals surface area (Å²) in [4.78, 5) is 10.7. The van der Waals surface area contributed by atoms with Crippen LogP contribution in [0.15, 0.2) is 12.1 Å². The van der Waals surface area contributed by atoms with Gasteiger partial charge in [-0.3, -0.25) is 4.79 Å². The van der Waals surface area contributed by atoms with Crippen molar-refractivity contribution in [2.45, 2.75) is 39.5 Å². The van der Waals surface area contributed by atoms with Gasteiger partial charge in [-0.2, -0.15) is 0 Å². The number of hydrogen-bond donors (Lipinski definition) is 1. The van der Waals surface area contributed by atoms with Crippen LogP contribution >= 0.6 is 11.6 Å². The maximum absolute atomic E-state index is 10.7. The van der Waals surface area contributed by atoms with Crippen LogP contribution < -0.4 is 0 Å². The SMILES string of the molecule is CCC1(C)Cc2cc(Cl)c(CC(=O)O)cc2C1. The number of hydrogen-bond acceptors (Lipinski definition) is 1. The van der Waals surface area contributed by atoms with Gasteiger partial charge in [-0.25, -0.2) is 0 Å². The molecule has 0 fully saturated rings. The highest BCUT2D eigenvalue weighted by atomic mass is 35.5. The number of aliphatic carboxylic acids is 1. The molecule has 1 unspecified atom stereocenters. The molecule has 0 aliphatic heterocycles. The fourth-order valence-electron chi connectivity index (χ4n) is 2.57. The number of carbonyl (C=O) groups is 1. The molecule has 0 saturated heterocycles. The lowest BCUT2D eigenvalue weighted by Gasteiger charge is -2.20. The average Bonchev–Trinajstić information content (AvgIpc) is 2.55. The van der Waals surface area contributed by atoms with Crippen molar-refractivity contribution >= 4 is 17.6 Å². The number of carboxylic acids is 1. The van der Waals surface area contributed by atoms with E-state index in [1.807, 2.05) is 12.1 Å². The molecule has 1 aromatic rings. The van der Waals surface area contributed by atoms with Crippen LogP contribution in [-0.2, 0) is 24.1 Å². The second kappa shape index (κ2) is 4.34. The standard InChI is InChI=1S/C14H17ClO2/c1-3-14(2)7-10-4-9(6-13(16)17)12(15)5-11(10)8-14/h4-5H,3,6-8H2,1-2H3,(H,16,17). The number of carboxylic acid groups (broad SMARTS) is 1. The lowest BCUT2D eigenvalue weighted by Crippen LogP contribution is -2.14. The third-order valence-corrected chi connectivity index (χ3v) is 4.15. The average molecular weight is 253 g/mol. The van der Waals surface area contributed by atoms with Gasteiger partial charge in [0.25, 0.3) is 0 Å². The summed E-state index contributed by atoms with van der Waals surface area (Å²) in [6.07, 6.45) is 3.22. The highest BCUT2D eigenvalue weighted by molar-refractivity contribution is 6.31. The van der Waals surface area contributed by atoms with Gasteiger partial charge in [0, 0.05) is 5.02 Å². The van der Waals surface area contributed by atoms with E-state index in [1.165, 1.54) is 11.1 Å². The summed E-state index contributed by atoms with van der Waals surface area (Å²) in [7, 11) is 0. The predicted molar refractivity (Wildman–Crippen MR) is 68.6 cm³/mol. The van der Waals surface area contributed by atoms with Crippen molar-refractivity contribution in [1.82, 2.24) is 0 Å². The van der Waals surface area contributed by atoms with Gasteiger partial charge in [0.2, 0.25) is 0 Å². The molecule has 1 N–H and O–H groups in total. The van der Waals surface area contributed by atoms with Gasteiger partial charge in [-0.1, -0.05) is 37.9 Å². The van der Waals surface area contributed by atoms with E-state index in [2.05, 4.69) is 13.8 Å². The Bertz CT molecular complexity index is 468. The Labute approximate surface area is 107 Å². The Kier molecular flexibility index (Phi) is 3.17. The van der Waals surface area contributed by atoms with E-state index < -0.39 is 5.97 Å². The van der Waals surface area contributed by atoms with Crippen molar-refractivity contribution in [2.24, 2.45) is 5.41 Å². The first-order valence-electron chi connectivity index (χ1n) is 5.95. The molecular weight excluding hydrogens is 236 g/mol. The molecule has 92 valence electrons. The van der Waals surface area contributed by atoms with E-state index in [4.69, 9.17) is 16.7 Å². The molecule has 0 amide bonds. The molecule has 0 spiro atoms. The third kappa shape index (κ3) is 2.47. The minimum atomic E-state index is -0.830. The van der Waals surface area contributed by atoms with Gasteiger partial charge >= 0.3 is 5.97 Å². The molecule has 0 saturated carbocycles. The molecule has 17 heavy (non-hydrogen) atoms. The second-order valence-corrected chi connectivity index (χ2v) is 5.71. The summed E-state index contributed by atoms with van der Waals surface area (Å²) in [6.45, 7) is 4.48. The van der Waals surface area contributed by atoms with Gasteiger partial charge in [0.15, 0.2) is 0 Å². The van der Waals surface area contributed by atoms with E-state index in [-0.39, 0.29) is 6.42 Å². The molecular formula is C14H17ClO2. The summed E-state index contributed by atoms with van der Waals surface area (Å²) in [5, 5.41) is 9.42. The van der Waals surface area contributed by atoms with Gasteiger partial charge in [0.1, 0.15) is 0 Å². The van der Waals surface area contributed by atoms with Gasteiger partial charge < -0.3 is 5.11 Å². The number of rotatable bonds is 3. The fourth-order valence-corrected chi connectivity index (χ4v) is 2.82. The zero-order valence-corrected chi connectivity index (χ0v) is 11.0. The molecule has 2 nitrogen and oxygen atoms in total. The Balaban J connectivity index is 2.34. The van der Waals surface area contributed by atoms with Crippen LogP contribution in [0.1, 0.15) is 37.0 Å². The van der Waals surface area contributed by atoms with Crippen LogP contribution in [-0.4, -0.2) is 11.1 Å². The van der Waals surface area contributed by atoms with Gasteiger partial charge in [0.05, 0.1) is 6.42 Å². The van der Waals surface area contributed by atoms with E-state index in [0.29, 0.717) is 10.4 Å². The monoisotopic (exact) mass is 252 g/mol. The summed E-state index contributed by atoms with van der Waals surface area (Å²) in [5.74, 6) is -0.830. The summed E-state index contributed by atoms with van der Waals surface area (Å²) < 4.78 is 0. The fraction of sp³-hybridized carbons (Fsp3) is 0.500. The summed E-state index contributed by atoms with van der Waals surface area (Å²) in [5.41, 5.74) is 3.61. The van der Waals surface area contributed by atoms with Crippen LogP contribution in [0.5, 0.6) is 0 Å². The van der Waals surface area contributed by atoms with E-state index in [0.717, 1.165) is 24.8 Å². The van der Waals surface area contributed by atoms with Crippen LogP contribution in [0.2, 0.25) is 5.02 Å². The highest BCUT2D eigenvalue weighted by Gasteiger charge is 2.31. The zero-order chi connectivity index (χ0) is 12.6. The molecule has 3 heteroatoms. The van der Waals surface area contributed by atoms with Gasteiger partial charge in [-0.15, -0.1) is 0 Å². The van der Waals surface area contributed by atoms with Crippen molar-refractivity contribution < 1.29 is 9.90 Å². The Morgan fingerprint density at radius 2 is 2.00 bits per heavy atom. The lowest BCUT2D eigenvalue weighted by molar-refractivity contribution is -0.136. The van der Waals surface area contributed by atoms with Crippen molar-refractivity contribution in [3.8, 4) is 0 Å². The maximum Gasteiger partial charge on any atom is 0.307 e. The highest BCUT2D eigenvalue weighted by Crippen LogP contribution is 2.41. The topological polar surface area (TPSA) is 37.3 Å². The van der Waals surface area contributed by atoms with Crippen LogP contribution in [0.3, 0.4) is 0 Å². The van der Waals surface area contributed by atoms with Crippen molar-refractivity contribution in [3.63, 3.8) is 0 Å². The van der Waals surface area contributed by atoms with E-state index in [9.17, 15) is 4.79 Å². The van der Waals surface area contributed by atoms with Crippen LogP contribution in [0.4, 0.5) is 0 Å². The quantitative estimate of drug-likeness (QED) is 0.894. The lowest BCUT2D eigenvalue weighted by atomic mass is 9.85. The molecule has 0 radical (unpaired) electrons. The normalized spacial score (nSPS) is 22.5. The minimum absolute atomic E-state index is 0.00888. The van der Waals surface area contributed by atoms with Crippen LogP contribution in [0, 0.1) is 5.41 Å². The molecule has 1 aliphatic rings.